The minimum atomic E-state index is -0.113. The summed E-state index contributed by atoms with van der Waals surface area (Å²) in [5, 5.41) is 9.01. The lowest BCUT2D eigenvalue weighted by Crippen LogP contribution is -2.56. The van der Waals surface area contributed by atoms with Crippen LogP contribution in [0, 0.1) is 34.5 Å². The molecule has 0 saturated heterocycles. The van der Waals surface area contributed by atoms with Crippen molar-refractivity contribution in [3.8, 4) is 0 Å². The van der Waals surface area contributed by atoms with Crippen molar-refractivity contribution < 1.29 is 14.5 Å². The van der Waals surface area contributed by atoms with E-state index in [-0.39, 0.29) is 23.2 Å². The number of halogens is 1. The first kappa shape index (κ1) is 23.5. The molecule has 170 valence electrons. The third-order valence-corrected chi connectivity index (χ3v) is 8.74. The first-order chi connectivity index (χ1) is 13.9. The fourth-order valence-corrected chi connectivity index (χ4v) is 7.17. The van der Waals surface area contributed by atoms with Crippen LogP contribution in [0.5, 0.6) is 0 Å². The third-order valence-electron chi connectivity index (χ3n) is 8.74. The molecule has 0 aliphatic heterocycles. The molecule has 6 nitrogen and oxygen atoms in total. The quantitative estimate of drug-likeness (QED) is 0.509. The van der Waals surface area contributed by atoms with Gasteiger partial charge in [-0.3, -0.25) is 4.79 Å². The summed E-state index contributed by atoms with van der Waals surface area (Å²) in [6, 6.07) is 0. The van der Waals surface area contributed by atoms with Crippen LogP contribution < -0.4 is 5.73 Å². The molecule has 0 heterocycles. The lowest BCUT2D eigenvalue weighted by molar-refractivity contribution is -0.133. The number of carbonyl (C=O) groups excluding carboxylic acids is 1. The molecule has 0 radical (unpaired) electrons. The fraction of sp³-hybridized carbons (Fsp3) is 0.870. The van der Waals surface area contributed by atoms with Gasteiger partial charge in [-0.2, -0.15) is 0 Å². The van der Waals surface area contributed by atoms with Gasteiger partial charge in [0.25, 0.3) is 0 Å². The molecule has 7 heteroatoms. The van der Waals surface area contributed by atoms with E-state index in [1.54, 1.807) is 0 Å². The number of oxime groups is 2. The Labute approximate surface area is 186 Å². The van der Waals surface area contributed by atoms with E-state index >= 15 is 0 Å². The summed E-state index contributed by atoms with van der Waals surface area (Å²) in [6.07, 6.45) is 7.98. The van der Waals surface area contributed by atoms with Crippen LogP contribution in [0.1, 0.15) is 72.1 Å². The maximum Gasteiger partial charge on any atom is 0.139 e. The number of Topliss-reactive ketones (excluding diaryl/α,β-unsaturated/α-hetero) is 1. The predicted molar refractivity (Wildman–Crippen MR) is 121 cm³/mol. The molecule has 30 heavy (non-hydrogen) atoms. The zero-order chi connectivity index (χ0) is 20.6. The van der Waals surface area contributed by atoms with Crippen molar-refractivity contribution in [2.24, 2.45) is 50.5 Å². The Bertz CT molecular complexity index is 712. The van der Waals surface area contributed by atoms with Crippen LogP contribution in [-0.4, -0.2) is 37.0 Å². The summed E-state index contributed by atoms with van der Waals surface area (Å²) in [6.45, 7) is 8.21. The number of carbonyl (C=O) groups is 1. The summed E-state index contributed by atoms with van der Waals surface area (Å²) in [4.78, 5) is 23.7. The molecule has 0 bridgehead atoms. The Morgan fingerprint density at radius 1 is 1.07 bits per heavy atom. The van der Waals surface area contributed by atoms with Gasteiger partial charge in [0.1, 0.15) is 19.0 Å². The van der Waals surface area contributed by atoms with Crippen LogP contribution in [0.25, 0.3) is 0 Å². The van der Waals surface area contributed by atoms with Crippen molar-refractivity contribution in [2.75, 3.05) is 19.8 Å². The average molecular weight is 440 g/mol. The second kappa shape index (κ2) is 9.15. The van der Waals surface area contributed by atoms with Gasteiger partial charge in [-0.25, -0.2) is 0 Å². The van der Waals surface area contributed by atoms with E-state index in [0.29, 0.717) is 49.2 Å². The van der Waals surface area contributed by atoms with Gasteiger partial charge in [-0.1, -0.05) is 24.2 Å². The first-order valence-electron chi connectivity index (χ1n) is 11.5. The van der Waals surface area contributed by atoms with Gasteiger partial charge in [0, 0.05) is 24.3 Å². The SMILES string of the molecule is CCO/N=C1\C[C@@H]2[C@H](CC[C@]3(C)C(=O)CC[C@@H]23)[C@@]2(C)CC/C(=N\OCCN)C[C@H]12.Cl. The van der Waals surface area contributed by atoms with Crippen LogP contribution in [-0.2, 0) is 14.5 Å². The van der Waals surface area contributed by atoms with Crippen molar-refractivity contribution in [3.05, 3.63) is 0 Å². The summed E-state index contributed by atoms with van der Waals surface area (Å²) >= 11 is 0. The number of hydrogen-bond acceptors (Lipinski definition) is 6. The molecule has 0 aromatic heterocycles. The molecule has 0 aromatic rings. The van der Waals surface area contributed by atoms with Gasteiger partial charge in [0.15, 0.2) is 0 Å². The Morgan fingerprint density at radius 3 is 2.60 bits per heavy atom. The molecular formula is C23H38ClN3O3. The van der Waals surface area contributed by atoms with Gasteiger partial charge in [-0.15, -0.1) is 12.4 Å². The highest BCUT2D eigenvalue weighted by atomic mass is 35.5. The molecule has 4 aliphatic carbocycles. The maximum atomic E-state index is 12.7. The minimum Gasteiger partial charge on any atom is -0.396 e. The molecule has 4 rings (SSSR count). The van der Waals surface area contributed by atoms with Gasteiger partial charge in [0.2, 0.25) is 0 Å². The number of hydrogen-bond donors (Lipinski definition) is 1. The molecule has 4 fully saturated rings. The van der Waals surface area contributed by atoms with E-state index in [9.17, 15) is 4.79 Å². The number of rotatable bonds is 5. The summed E-state index contributed by atoms with van der Waals surface area (Å²) in [7, 11) is 0. The Balaban J connectivity index is 0.00000256. The van der Waals surface area contributed by atoms with Crippen molar-refractivity contribution in [3.63, 3.8) is 0 Å². The van der Waals surface area contributed by atoms with Crippen molar-refractivity contribution in [2.45, 2.75) is 72.1 Å². The van der Waals surface area contributed by atoms with Crippen LogP contribution >= 0.6 is 12.4 Å². The number of ketones is 1. The van der Waals surface area contributed by atoms with Gasteiger partial charge < -0.3 is 15.4 Å². The topological polar surface area (TPSA) is 86.3 Å². The Kier molecular flexibility index (Phi) is 7.18. The number of nitrogens with two attached hydrogens (primary N) is 1. The lowest BCUT2D eigenvalue weighted by Gasteiger charge is -2.59. The second-order valence-corrected chi connectivity index (χ2v) is 10.0. The zero-order valence-corrected chi connectivity index (χ0v) is 19.5. The number of nitrogens with zero attached hydrogens (tertiary/aromatic N) is 2. The van der Waals surface area contributed by atoms with E-state index in [4.69, 9.17) is 15.4 Å². The van der Waals surface area contributed by atoms with Crippen LogP contribution in [0.3, 0.4) is 0 Å². The second-order valence-electron chi connectivity index (χ2n) is 10.0. The van der Waals surface area contributed by atoms with Crippen LogP contribution in [0.15, 0.2) is 10.3 Å². The highest BCUT2D eigenvalue weighted by Gasteiger charge is 2.61. The molecule has 0 spiro atoms. The van der Waals surface area contributed by atoms with Crippen molar-refractivity contribution >= 4 is 29.6 Å². The lowest BCUT2D eigenvalue weighted by atomic mass is 9.45. The largest absolute Gasteiger partial charge is 0.396 e. The highest BCUT2D eigenvalue weighted by molar-refractivity contribution is 5.96. The van der Waals surface area contributed by atoms with Crippen molar-refractivity contribution in [1.82, 2.24) is 0 Å². The van der Waals surface area contributed by atoms with Gasteiger partial charge >= 0.3 is 0 Å². The Morgan fingerprint density at radius 2 is 1.87 bits per heavy atom. The highest BCUT2D eigenvalue weighted by Crippen LogP contribution is 2.64. The van der Waals surface area contributed by atoms with Crippen LogP contribution in [0.2, 0.25) is 0 Å². The molecule has 0 aromatic carbocycles. The van der Waals surface area contributed by atoms with Crippen LogP contribution in [0.4, 0.5) is 0 Å². The third kappa shape index (κ3) is 3.79. The molecule has 6 atom stereocenters. The van der Waals surface area contributed by atoms with Crippen molar-refractivity contribution in [1.29, 1.82) is 0 Å². The smallest absolute Gasteiger partial charge is 0.139 e. The average Bonchev–Trinajstić information content (AvgIpc) is 3.01. The zero-order valence-electron chi connectivity index (χ0n) is 18.7. The predicted octanol–water partition coefficient (Wildman–Crippen LogP) is 4.35. The number of fused-ring (bicyclic) bond motifs is 5. The van der Waals surface area contributed by atoms with E-state index in [1.807, 2.05) is 6.92 Å². The molecular weight excluding hydrogens is 402 g/mol. The summed E-state index contributed by atoms with van der Waals surface area (Å²) in [5.74, 6) is 2.55. The molecule has 0 amide bonds. The minimum absolute atomic E-state index is 0. The normalized spacial score (nSPS) is 42.9. The monoisotopic (exact) mass is 439 g/mol. The van der Waals surface area contributed by atoms with E-state index in [1.165, 1.54) is 5.71 Å². The molecule has 4 saturated carbocycles. The fourth-order valence-electron chi connectivity index (χ4n) is 7.17. The van der Waals surface area contributed by atoms with Gasteiger partial charge in [-0.05, 0) is 75.0 Å². The molecule has 2 N–H and O–H groups in total. The molecule has 0 unspecified atom stereocenters. The summed E-state index contributed by atoms with van der Waals surface area (Å²) < 4.78 is 0. The first-order valence-corrected chi connectivity index (χ1v) is 11.5. The maximum absolute atomic E-state index is 12.7. The van der Waals surface area contributed by atoms with E-state index in [2.05, 4.69) is 24.2 Å². The Hall–Kier alpha value is -1.14. The van der Waals surface area contributed by atoms with E-state index < -0.39 is 0 Å². The summed E-state index contributed by atoms with van der Waals surface area (Å²) in [5.41, 5.74) is 7.92. The van der Waals surface area contributed by atoms with E-state index in [0.717, 1.165) is 57.1 Å². The van der Waals surface area contributed by atoms with Gasteiger partial charge in [0.05, 0.1) is 11.4 Å². The standard InChI is InChI=1S/C23H37N3O3.ClH/c1-4-28-26-20-14-16-17-5-6-21(27)23(17,3)10-8-18(16)22(2)9-7-15(13-19(20)22)25-29-12-11-24;/h16-19H,4-14,24H2,1-3H3;1H/b25-15+,26-20+;/t16-,17-,18-,19+,22+,23-;/m0./s1. The molecule has 4 aliphatic rings.